The highest BCUT2D eigenvalue weighted by atomic mass is 127. The van der Waals surface area contributed by atoms with Crippen molar-refractivity contribution in [2.75, 3.05) is 6.61 Å². The van der Waals surface area contributed by atoms with Gasteiger partial charge in [0.1, 0.15) is 17.2 Å². The van der Waals surface area contributed by atoms with Gasteiger partial charge in [0.05, 0.1) is 12.7 Å². The molecule has 1 atom stereocenters. The topological polar surface area (TPSA) is 46.5 Å². The number of hydrogen-bond acceptors (Lipinski definition) is 2. The number of hydrogen-bond donors (Lipinski definition) is 1. The van der Waals surface area contributed by atoms with Gasteiger partial charge in [0.25, 0.3) is 0 Å². The number of allylic oxidation sites excluding steroid dienone is 3. The largest absolute Gasteiger partial charge is 0.489 e. The summed E-state index contributed by atoms with van der Waals surface area (Å²) in [5, 5.41) is 9.57. The summed E-state index contributed by atoms with van der Waals surface area (Å²) in [4.78, 5) is 10.2. The smallest absolute Gasteiger partial charge is 0.335 e. The Balaban J connectivity index is 2.19. The molecule has 0 heterocycles. The number of rotatable bonds is 4. The Hall–Kier alpha value is 0.01000. The molecule has 0 fully saturated rings. The predicted molar refractivity (Wildman–Crippen MR) is 101 cm³/mol. The Morgan fingerprint density at radius 3 is 2.52 bits per heavy atom. The van der Waals surface area contributed by atoms with E-state index >= 15 is 0 Å². The van der Waals surface area contributed by atoms with Gasteiger partial charge in [-0.1, -0.05) is 23.8 Å². The summed E-state index contributed by atoms with van der Waals surface area (Å²) in [6.45, 7) is 0.215. The van der Waals surface area contributed by atoms with Crippen LogP contribution in [0.4, 0.5) is 0 Å². The van der Waals surface area contributed by atoms with Crippen LogP contribution in [-0.2, 0) is 0 Å². The third kappa shape index (κ3) is 4.05. The number of halogens is 4. The summed E-state index contributed by atoms with van der Waals surface area (Å²) < 4.78 is 7.27. The molecule has 0 radical (unpaired) electrons. The van der Waals surface area contributed by atoms with Gasteiger partial charge in [-0.25, -0.2) is 4.79 Å². The maximum atomic E-state index is 11.0. The first-order chi connectivity index (χ1) is 9.83. The standard InChI is InChI=1S/C14H10Cl2I2O3/c15-11-3-1-2-4-14(11,16)7-21-12-9(17)5-8(13(19)20)6-10(12)18/h1-3,5-6H,4,7H2,(H,19,20). The van der Waals surface area contributed by atoms with E-state index < -0.39 is 10.8 Å². The predicted octanol–water partition coefficient (Wildman–Crippen LogP) is 5.03. The molecule has 1 aliphatic rings. The van der Waals surface area contributed by atoms with Crippen molar-refractivity contribution < 1.29 is 14.6 Å². The van der Waals surface area contributed by atoms with E-state index in [1.807, 2.05) is 12.2 Å². The lowest BCUT2D eigenvalue weighted by atomic mass is 10.0. The molecular weight excluding hydrogens is 541 g/mol. The minimum atomic E-state index is -0.963. The van der Waals surface area contributed by atoms with Crippen molar-refractivity contribution in [2.24, 2.45) is 0 Å². The van der Waals surface area contributed by atoms with Crippen molar-refractivity contribution in [1.82, 2.24) is 0 Å². The summed E-state index contributed by atoms with van der Waals surface area (Å²) in [5.41, 5.74) is 0.232. The van der Waals surface area contributed by atoms with Gasteiger partial charge in [0, 0.05) is 5.03 Å². The number of benzene rings is 1. The van der Waals surface area contributed by atoms with Crippen molar-refractivity contribution >= 4 is 74.4 Å². The number of carbonyl (C=O) groups is 1. The highest BCUT2D eigenvalue weighted by Gasteiger charge is 2.33. The van der Waals surface area contributed by atoms with Crippen molar-refractivity contribution in [3.63, 3.8) is 0 Å². The molecule has 2 rings (SSSR count). The van der Waals surface area contributed by atoms with Gasteiger partial charge < -0.3 is 9.84 Å². The zero-order chi connectivity index (χ0) is 15.6. The second-order valence-electron chi connectivity index (χ2n) is 4.48. The fourth-order valence-electron chi connectivity index (χ4n) is 1.79. The first-order valence-corrected chi connectivity index (χ1v) is 8.82. The molecule has 1 aromatic rings. The highest BCUT2D eigenvalue weighted by molar-refractivity contribution is 14.1. The maximum Gasteiger partial charge on any atom is 0.335 e. The van der Waals surface area contributed by atoms with E-state index in [0.717, 1.165) is 7.14 Å². The monoisotopic (exact) mass is 550 g/mol. The van der Waals surface area contributed by atoms with E-state index in [1.165, 1.54) is 0 Å². The van der Waals surface area contributed by atoms with E-state index in [0.29, 0.717) is 17.2 Å². The lowest BCUT2D eigenvalue weighted by Gasteiger charge is -2.27. The Bertz CT molecular complexity index is 620. The van der Waals surface area contributed by atoms with Crippen LogP contribution >= 0.6 is 68.4 Å². The molecule has 21 heavy (non-hydrogen) atoms. The molecule has 1 N–H and O–H groups in total. The molecule has 0 aromatic heterocycles. The fourth-order valence-corrected chi connectivity index (χ4v) is 4.28. The van der Waals surface area contributed by atoms with E-state index in [2.05, 4.69) is 45.2 Å². The van der Waals surface area contributed by atoms with Crippen LogP contribution in [0.5, 0.6) is 5.75 Å². The van der Waals surface area contributed by atoms with Gasteiger partial charge in [-0.3, -0.25) is 0 Å². The van der Waals surface area contributed by atoms with Crippen LogP contribution in [0.2, 0.25) is 0 Å². The molecule has 112 valence electrons. The number of ether oxygens (including phenoxy) is 1. The number of carboxylic acid groups (broad SMARTS) is 1. The lowest BCUT2D eigenvalue weighted by Crippen LogP contribution is -2.31. The summed E-state index contributed by atoms with van der Waals surface area (Å²) in [7, 11) is 0. The van der Waals surface area contributed by atoms with Crippen molar-refractivity contribution in [2.45, 2.75) is 11.3 Å². The number of carboxylic acids is 1. The van der Waals surface area contributed by atoms with Crippen LogP contribution in [0, 0.1) is 7.14 Å². The van der Waals surface area contributed by atoms with Gasteiger partial charge in [-0.2, -0.15) is 0 Å². The zero-order valence-electron chi connectivity index (χ0n) is 10.6. The Morgan fingerprint density at radius 1 is 1.38 bits per heavy atom. The van der Waals surface area contributed by atoms with Crippen LogP contribution in [0.3, 0.4) is 0 Å². The summed E-state index contributed by atoms with van der Waals surface area (Å²) >= 11 is 16.7. The SMILES string of the molecule is O=C(O)c1cc(I)c(OCC2(Cl)CC=CC=C2Cl)c(I)c1. The molecule has 0 amide bonds. The second-order valence-corrected chi connectivity index (χ2v) is 7.93. The average molecular weight is 551 g/mol. The first kappa shape index (κ1) is 17.4. The number of alkyl halides is 1. The minimum absolute atomic E-state index is 0.215. The van der Waals surface area contributed by atoms with Gasteiger partial charge >= 0.3 is 5.97 Å². The van der Waals surface area contributed by atoms with Gasteiger partial charge in [0.2, 0.25) is 0 Å². The Morgan fingerprint density at radius 2 is 2.00 bits per heavy atom. The van der Waals surface area contributed by atoms with E-state index in [9.17, 15) is 4.79 Å². The van der Waals surface area contributed by atoms with Crippen LogP contribution in [0.25, 0.3) is 0 Å². The molecule has 1 unspecified atom stereocenters. The quantitative estimate of drug-likeness (QED) is 0.422. The van der Waals surface area contributed by atoms with Crippen molar-refractivity contribution in [3.8, 4) is 5.75 Å². The number of aromatic carboxylic acids is 1. The summed E-state index contributed by atoms with van der Waals surface area (Å²) in [6, 6.07) is 3.14. The van der Waals surface area contributed by atoms with E-state index in [4.69, 9.17) is 33.0 Å². The van der Waals surface area contributed by atoms with Crippen LogP contribution < -0.4 is 4.74 Å². The van der Waals surface area contributed by atoms with Gasteiger partial charge in [-0.05, 0) is 69.8 Å². The molecule has 0 spiro atoms. The lowest BCUT2D eigenvalue weighted by molar-refractivity contribution is 0.0696. The average Bonchev–Trinajstić information content (AvgIpc) is 2.41. The van der Waals surface area contributed by atoms with Crippen LogP contribution in [-0.4, -0.2) is 22.6 Å². The normalized spacial score (nSPS) is 21.0. The molecule has 0 bridgehead atoms. The van der Waals surface area contributed by atoms with E-state index in [1.54, 1.807) is 18.2 Å². The molecule has 1 aromatic carbocycles. The second kappa shape index (κ2) is 7.06. The van der Waals surface area contributed by atoms with Crippen molar-refractivity contribution in [3.05, 3.63) is 48.1 Å². The first-order valence-electron chi connectivity index (χ1n) is 5.90. The zero-order valence-corrected chi connectivity index (χ0v) is 16.4. The third-order valence-corrected chi connectivity index (χ3v) is 5.59. The Kier molecular flexibility index (Phi) is 5.84. The molecular formula is C14H10Cl2I2O3. The molecule has 0 saturated carbocycles. The Labute approximate surface area is 159 Å². The van der Waals surface area contributed by atoms with Gasteiger partial charge in [-0.15, -0.1) is 11.6 Å². The molecule has 3 nitrogen and oxygen atoms in total. The molecule has 1 aliphatic carbocycles. The van der Waals surface area contributed by atoms with Crippen molar-refractivity contribution in [1.29, 1.82) is 0 Å². The summed E-state index contributed by atoms with van der Waals surface area (Å²) in [5.74, 6) is -0.338. The minimum Gasteiger partial charge on any atom is -0.489 e. The van der Waals surface area contributed by atoms with Gasteiger partial charge in [0.15, 0.2) is 0 Å². The summed E-state index contributed by atoms with van der Waals surface area (Å²) in [6.07, 6.45) is 6.14. The maximum absolute atomic E-state index is 11.0. The molecule has 0 saturated heterocycles. The van der Waals surface area contributed by atoms with E-state index in [-0.39, 0.29) is 12.2 Å². The molecule has 7 heteroatoms. The third-order valence-electron chi connectivity index (χ3n) is 2.94. The highest BCUT2D eigenvalue weighted by Crippen LogP contribution is 2.37. The molecule has 0 aliphatic heterocycles. The fraction of sp³-hybridized carbons (Fsp3) is 0.214. The van der Waals surface area contributed by atoms with Crippen LogP contribution in [0.1, 0.15) is 16.8 Å². The van der Waals surface area contributed by atoms with Crippen LogP contribution in [0.15, 0.2) is 35.4 Å².